The highest BCUT2D eigenvalue weighted by molar-refractivity contribution is 7.93. The second-order valence-corrected chi connectivity index (χ2v) is 8.00. The van der Waals surface area contributed by atoms with Crippen molar-refractivity contribution in [3.8, 4) is 0 Å². The number of halogens is 1. The van der Waals surface area contributed by atoms with Crippen LogP contribution in [-0.4, -0.2) is 53.7 Å². The molecule has 0 aliphatic carbocycles. The van der Waals surface area contributed by atoms with E-state index in [2.05, 4.69) is 9.89 Å². The Kier molecular flexibility index (Phi) is 7.01. The quantitative estimate of drug-likeness (QED) is 0.342. The second kappa shape index (κ2) is 8.82. The predicted molar refractivity (Wildman–Crippen MR) is 94.3 cm³/mol. The van der Waals surface area contributed by atoms with Gasteiger partial charge in [0.25, 0.3) is 15.9 Å². The number of hydrogen-bond acceptors (Lipinski definition) is 9. The van der Waals surface area contributed by atoms with Gasteiger partial charge in [-0.25, -0.2) is 17.5 Å². The molecule has 0 radical (unpaired) electrons. The molecule has 26 heavy (non-hydrogen) atoms. The minimum Gasteiger partial charge on any atom is -0.465 e. The van der Waals surface area contributed by atoms with Gasteiger partial charge in [0.1, 0.15) is 27.2 Å². The van der Waals surface area contributed by atoms with Crippen LogP contribution in [0.25, 0.3) is 0 Å². The molecule has 2 heterocycles. The summed E-state index contributed by atoms with van der Waals surface area (Å²) in [6.07, 6.45) is 0. The van der Waals surface area contributed by atoms with Crippen LogP contribution < -0.4 is 4.31 Å². The zero-order valence-electron chi connectivity index (χ0n) is 14.2. The average Bonchev–Trinajstić information content (AvgIpc) is 3.23. The van der Waals surface area contributed by atoms with Gasteiger partial charge in [-0.3, -0.25) is 0 Å². The van der Waals surface area contributed by atoms with Crippen LogP contribution in [0.3, 0.4) is 0 Å². The minimum atomic E-state index is -4.23. The highest BCUT2D eigenvalue weighted by atomic mass is 35.5. The van der Waals surface area contributed by atoms with Crippen LogP contribution in [0.2, 0.25) is 5.02 Å². The number of rotatable bonds is 9. The number of nitrogens with zero attached hydrogens (tertiary/aromatic N) is 2. The van der Waals surface area contributed by atoms with E-state index < -0.39 is 22.7 Å². The van der Waals surface area contributed by atoms with Gasteiger partial charge in [0.15, 0.2) is 0 Å². The zero-order chi connectivity index (χ0) is 19.3. The Morgan fingerprint density at radius 3 is 2.69 bits per heavy atom. The molecule has 0 N–H and O–H groups in total. The molecular formula is C14H17ClN2O7S2. The molecule has 144 valence electrons. The molecule has 0 fully saturated rings. The van der Waals surface area contributed by atoms with Crippen LogP contribution in [-0.2, 0) is 24.2 Å². The highest BCUT2D eigenvalue weighted by Gasteiger charge is 2.35. The van der Waals surface area contributed by atoms with Crippen molar-refractivity contribution in [1.82, 2.24) is 5.16 Å². The first-order chi connectivity index (χ1) is 12.3. The monoisotopic (exact) mass is 424 g/mol. The predicted octanol–water partition coefficient (Wildman–Crippen LogP) is 2.30. The van der Waals surface area contributed by atoms with E-state index in [0.717, 1.165) is 15.6 Å². The largest absolute Gasteiger partial charge is 0.465 e. The summed E-state index contributed by atoms with van der Waals surface area (Å²) in [4.78, 5) is 11.6. The van der Waals surface area contributed by atoms with Gasteiger partial charge in [0, 0.05) is 7.11 Å². The normalized spacial score (nSPS) is 11.5. The first kappa shape index (κ1) is 20.6. The molecular weight excluding hydrogens is 408 g/mol. The van der Waals surface area contributed by atoms with E-state index in [4.69, 9.17) is 25.6 Å². The maximum absolute atomic E-state index is 13.1. The van der Waals surface area contributed by atoms with Crippen molar-refractivity contribution in [2.45, 2.75) is 11.8 Å². The maximum Gasteiger partial charge on any atom is 0.349 e. The molecule has 0 aliphatic heterocycles. The zero-order valence-corrected chi connectivity index (χ0v) is 16.6. The number of aryl methyl sites for hydroxylation is 1. The number of thiophene rings is 1. The third-order valence-electron chi connectivity index (χ3n) is 3.21. The molecule has 0 saturated carbocycles. The van der Waals surface area contributed by atoms with Crippen LogP contribution in [0.15, 0.2) is 20.9 Å². The van der Waals surface area contributed by atoms with Gasteiger partial charge in [-0.1, -0.05) is 16.8 Å². The van der Waals surface area contributed by atoms with Crippen LogP contribution in [0.4, 0.5) is 5.88 Å². The van der Waals surface area contributed by atoms with Crippen LogP contribution in [0, 0.1) is 6.92 Å². The average molecular weight is 425 g/mol. The fourth-order valence-corrected chi connectivity index (χ4v) is 4.71. The van der Waals surface area contributed by atoms with E-state index in [0.29, 0.717) is 5.69 Å². The number of ether oxygens (including phenoxy) is 3. The standard InChI is InChI=1S/C14H17ClN2O7S2/c1-9-11(15)13(24-16-9)17(8-23-6-5-21-2)26(19,20)10-4-7-25-12(10)14(18)22-3/h4,7H,5-6,8H2,1-3H3. The lowest BCUT2D eigenvalue weighted by Gasteiger charge is -2.21. The number of carbonyl (C=O) groups is 1. The Labute approximate surface area is 159 Å². The van der Waals surface area contributed by atoms with Crippen molar-refractivity contribution in [3.05, 3.63) is 27.0 Å². The lowest BCUT2D eigenvalue weighted by molar-refractivity contribution is 0.0602. The molecule has 0 aliphatic rings. The van der Waals surface area contributed by atoms with E-state index in [9.17, 15) is 13.2 Å². The molecule has 0 amide bonds. The molecule has 2 aromatic rings. The second-order valence-electron chi connectivity index (χ2n) is 4.88. The first-order valence-electron chi connectivity index (χ1n) is 7.21. The first-order valence-corrected chi connectivity index (χ1v) is 9.91. The topological polar surface area (TPSA) is 108 Å². The van der Waals surface area contributed by atoms with E-state index in [1.807, 2.05) is 0 Å². The fraction of sp³-hybridized carbons (Fsp3) is 0.429. The fourth-order valence-electron chi connectivity index (χ4n) is 1.89. The SMILES string of the molecule is COCCOCN(c1onc(C)c1Cl)S(=O)(=O)c1ccsc1C(=O)OC. The van der Waals surface area contributed by atoms with Gasteiger partial charge >= 0.3 is 5.97 Å². The molecule has 0 spiro atoms. The van der Waals surface area contributed by atoms with Crippen molar-refractivity contribution < 1.29 is 31.9 Å². The van der Waals surface area contributed by atoms with Crippen LogP contribution in [0.1, 0.15) is 15.4 Å². The molecule has 0 unspecified atom stereocenters. The maximum atomic E-state index is 13.1. The lowest BCUT2D eigenvalue weighted by Crippen LogP contribution is -2.34. The summed E-state index contributed by atoms with van der Waals surface area (Å²) in [5.74, 6) is -0.970. The van der Waals surface area contributed by atoms with Crippen molar-refractivity contribution in [2.24, 2.45) is 0 Å². The smallest absolute Gasteiger partial charge is 0.349 e. The number of esters is 1. The molecule has 0 bridgehead atoms. The summed E-state index contributed by atoms with van der Waals surface area (Å²) >= 11 is 7.05. The van der Waals surface area contributed by atoms with Crippen molar-refractivity contribution in [1.29, 1.82) is 0 Å². The Balaban J connectivity index is 2.45. The number of sulfonamides is 1. The number of aromatic nitrogens is 1. The Hall–Kier alpha value is -1.66. The van der Waals surface area contributed by atoms with E-state index in [-0.39, 0.29) is 33.9 Å². The van der Waals surface area contributed by atoms with Gasteiger partial charge in [-0.2, -0.15) is 0 Å². The molecule has 12 heteroatoms. The third kappa shape index (κ3) is 4.18. The molecule has 2 aromatic heterocycles. The number of hydrogen-bond donors (Lipinski definition) is 0. The molecule has 0 saturated heterocycles. The van der Waals surface area contributed by atoms with Gasteiger partial charge < -0.3 is 18.7 Å². The summed E-state index contributed by atoms with van der Waals surface area (Å²) in [5, 5.41) is 5.16. The Morgan fingerprint density at radius 2 is 2.12 bits per heavy atom. The summed E-state index contributed by atoms with van der Waals surface area (Å²) in [5.41, 5.74) is 0.317. The van der Waals surface area contributed by atoms with E-state index in [1.54, 1.807) is 6.92 Å². The summed E-state index contributed by atoms with van der Waals surface area (Å²) in [6, 6.07) is 1.30. The van der Waals surface area contributed by atoms with Crippen molar-refractivity contribution >= 4 is 44.8 Å². The number of anilines is 1. The third-order valence-corrected chi connectivity index (χ3v) is 6.42. The minimum absolute atomic E-state index is 0.0266. The Bertz CT molecular complexity index is 863. The van der Waals surface area contributed by atoms with Gasteiger partial charge in [0.2, 0.25) is 0 Å². The number of carbonyl (C=O) groups excluding carboxylic acids is 1. The van der Waals surface area contributed by atoms with Crippen molar-refractivity contribution in [2.75, 3.05) is 38.5 Å². The highest BCUT2D eigenvalue weighted by Crippen LogP contribution is 2.34. The van der Waals surface area contributed by atoms with Gasteiger partial charge in [0.05, 0.1) is 20.3 Å². The van der Waals surface area contributed by atoms with Gasteiger partial charge in [-0.15, -0.1) is 11.3 Å². The summed E-state index contributed by atoms with van der Waals surface area (Å²) in [6.45, 7) is 1.57. The van der Waals surface area contributed by atoms with E-state index >= 15 is 0 Å². The van der Waals surface area contributed by atoms with Gasteiger partial charge in [-0.05, 0) is 18.4 Å². The van der Waals surface area contributed by atoms with Crippen molar-refractivity contribution in [3.63, 3.8) is 0 Å². The molecule has 9 nitrogen and oxygen atoms in total. The molecule has 2 rings (SSSR count). The van der Waals surface area contributed by atoms with Crippen LogP contribution >= 0.6 is 22.9 Å². The molecule has 0 atom stereocenters. The lowest BCUT2D eigenvalue weighted by atomic mass is 10.5. The Morgan fingerprint density at radius 1 is 1.38 bits per heavy atom. The van der Waals surface area contributed by atoms with Crippen LogP contribution in [0.5, 0.6) is 0 Å². The molecule has 0 aromatic carbocycles. The summed E-state index contributed by atoms with van der Waals surface area (Å²) < 4.78 is 47.0. The number of methoxy groups -OCH3 is 2. The summed E-state index contributed by atoms with van der Waals surface area (Å²) in [7, 11) is -1.58. The van der Waals surface area contributed by atoms with E-state index in [1.165, 1.54) is 25.7 Å².